The summed E-state index contributed by atoms with van der Waals surface area (Å²) in [6.07, 6.45) is 0.560. The fourth-order valence-electron chi connectivity index (χ4n) is 1.44. The Balaban J connectivity index is 2.68. The molecule has 2 N–H and O–H groups in total. The minimum Gasteiger partial charge on any atom is -0.394 e. The predicted octanol–water partition coefficient (Wildman–Crippen LogP) is 1.79. The molecule has 0 saturated heterocycles. The van der Waals surface area contributed by atoms with Crippen molar-refractivity contribution in [2.24, 2.45) is 0 Å². The van der Waals surface area contributed by atoms with Crippen LogP contribution in [0.1, 0.15) is 16.2 Å². The number of benzene rings is 1. The zero-order chi connectivity index (χ0) is 12.4. The number of nitriles is 1. The number of carbonyl (C=O) groups excluding carboxylic acids is 1. The van der Waals surface area contributed by atoms with Crippen LogP contribution in [0.5, 0.6) is 0 Å². The van der Waals surface area contributed by atoms with E-state index < -0.39 is 0 Å². The van der Waals surface area contributed by atoms with E-state index in [1.165, 1.54) is 4.68 Å². The monoisotopic (exact) mass is 246 g/mol. The number of rotatable bonds is 2. The van der Waals surface area contributed by atoms with E-state index in [-0.39, 0.29) is 17.1 Å². The molecule has 1 aromatic heterocycles. The van der Waals surface area contributed by atoms with E-state index in [1.54, 1.807) is 24.3 Å². The molecular formula is C11H7ClN4O. The number of anilines is 1. The Bertz CT molecular complexity index is 627. The van der Waals surface area contributed by atoms with Crippen LogP contribution in [-0.4, -0.2) is 16.1 Å². The fourth-order valence-corrected chi connectivity index (χ4v) is 1.63. The maximum absolute atomic E-state index is 11.0. The molecule has 0 spiro atoms. The molecule has 17 heavy (non-hydrogen) atoms. The van der Waals surface area contributed by atoms with Crippen LogP contribution in [0.25, 0.3) is 5.69 Å². The second-order valence-corrected chi connectivity index (χ2v) is 3.71. The van der Waals surface area contributed by atoms with Gasteiger partial charge in [0.15, 0.2) is 12.0 Å². The maximum atomic E-state index is 11.0. The molecule has 0 atom stereocenters. The van der Waals surface area contributed by atoms with Crippen molar-refractivity contribution < 1.29 is 4.79 Å². The topological polar surface area (TPSA) is 84.7 Å². The first-order valence-corrected chi connectivity index (χ1v) is 5.05. The van der Waals surface area contributed by atoms with Gasteiger partial charge in [0, 0.05) is 5.02 Å². The van der Waals surface area contributed by atoms with Crippen LogP contribution in [-0.2, 0) is 0 Å². The molecule has 2 rings (SSSR count). The van der Waals surface area contributed by atoms with Gasteiger partial charge >= 0.3 is 0 Å². The minimum atomic E-state index is 0.0204. The largest absolute Gasteiger partial charge is 0.394 e. The van der Waals surface area contributed by atoms with Gasteiger partial charge in [0.1, 0.15) is 11.8 Å². The lowest BCUT2D eigenvalue weighted by Gasteiger charge is -2.03. The average molecular weight is 247 g/mol. The predicted molar refractivity (Wildman–Crippen MR) is 63.1 cm³/mol. The van der Waals surface area contributed by atoms with Crippen LogP contribution in [0.2, 0.25) is 5.02 Å². The summed E-state index contributed by atoms with van der Waals surface area (Å²) in [6.45, 7) is 0. The number of nitrogens with two attached hydrogens (primary N) is 1. The summed E-state index contributed by atoms with van der Waals surface area (Å²) in [4.78, 5) is 11.0. The molecule has 0 aliphatic rings. The van der Waals surface area contributed by atoms with Crippen LogP contribution in [0.15, 0.2) is 24.3 Å². The summed E-state index contributed by atoms with van der Waals surface area (Å²) in [5.74, 6) is 0. The van der Waals surface area contributed by atoms with E-state index in [1.807, 2.05) is 6.07 Å². The van der Waals surface area contributed by atoms with Crippen LogP contribution in [0.3, 0.4) is 0 Å². The van der Waals surface area contributed by atoms with Crippen molar-refractivity contribution >= 4 is 23.6 Å². The third-order valence-corrected chi connectivity index (χ3v) is 2.46. The van der Waals surface area contributed by atoms with Gasteiger partial charge in [0.25, 0.3) is 0 Å². The van der Waals surface area contributed by atoms with E-state index in [0.29, 0.717) is 17.0 Å². The Hall–Kier alpha value is -2.32. The molecule has 0 saturated carbocycles. The third-order valence-electron chi connectivity index (χ3n) is 2.23. The van der Waals surface area contributed by atoms with Crippen molar-refractivity contribution in [3.63, 3.8) is 0 Å². The summed E-state index contributed by atoms with van der Waals surface area (Å²) in [5, 5.41) is 13.3. The molecule has 0 unspecified atom stereocenters. The van der Waals surface area contributed by atoms with E-state index in [9.17, 15) is 4.79 Å². The van der Waals surface area contributed by atoms with E-state index in [4.69, 9.17) is 22.6 Å². The van der Waals surface area contributed by atoms with Gasteiger partial charge in [0.05, 0.1) is 11.4 Å². The molecule has 6 heteroatoms. The van der Waals surface area contributed by atoms with Crippen LogP contribution >= 0.6 is 11.6 Å². The van der Waals surface area contributed by atoms with Gasteiger partial charge in [-0.15, -0.1) is 0 Å². The Labute approximate surface area is 102 Å². The van der Waals surface area contributed by atoms with Crippen molar-refractivity contribution in [1.82, 2.24) is 9.78 Å². The van der Waals surface area contributed by atoms with Crippen molar-refractivity contribution in [1.29, 1.82) is 5.26 Å². The number of nitrogens with zero attached hydrogens (tertiary/aromatic N) is 3. The zero-order valence-electron chi connectivity index (χ0n) is 8.59. The molecular weight excluding hydrogens is 240 g/mol. The normalized spacial score (nSPS) is 9.88. The van der Waals surface area contributed by atoms with Gasteiger partial charge in [-0.3, -0.25) is 4.79 Å². The molecule has 84 valence electrons. The zero-order valence-corrected chi connectivity index (χ0v) is 9.35. The number of halogens is 1. The molecule has 5 nitrogen and oxygen atoms in total. The standard InChI is InChI=1S/C11H7ClN4O/c12-7-2-1-3-8(4-7)16-10(6-17)11(14)9(5-13)15-16/h1-4,6H,14H2. The van der Waals surface area contributed by atoms with Crippen LogP contribution in [0, 0.1) is 11.3 Å². The van der Waals surface area contributed by atoms with Crippen LogP contribution in [0.4, 0.5) is 5.69 Å². The summed E-state index contributed by atoms with van der Waals surface area (Å²) in [7, 11) is 0. The van der Waals surface area contributed by atoms with Gasteiger partial charge < -0.3 is 5.73 Å². The molecule has 2 aromatic rings. The lowest BCUT2D eigenvalue weighted by Crippen LogP contribution is -2.02. The number of nitrogen functional groups attached to an aromatic ring is 1. The Morgan fingerprint density at radius 1 is 1.53 bits per heavy atom. The third kappa shape index (κ3) is 1.86. The molecule has 1 heterocycles. The second kappa shape index (κ2) is 4.28. The lowest BCUT2D eigenvalue weighted by molar-refractivity contribution is 0.111. The maximum Gasteiger partial charge on any atom is 0.186 e. The van der Waals surface area contributed by atoms with Gasteiger partial charge in [-0.1, -0.05) is 17.7 Å². The molecule has 1 aromatic carbocycles. The van der Waals surface area contributed by atoms with Crippen LogP contribution < -0.4 is 5.73 Å². The highest BCUT2D eigenvalue weighted by atomic mass is 35.5. The van der Waals surface area contributed by atoms with E-state index >= 15 is 0 Å². The lowest BCUT2D eigenvalue weighted by atomic mass is 10.3. The minimum absolute atomic E-state index is 0.0204. The molecule has 0 amide bonds. The Morgan fingerprint density at radius 2 is 2.29 bits per heavy atom. The highest BCUT2D eigenvalue weighted by molar-refractivity contribution is 6.30. The summed E-state index contributed by atoms with van der Waals surface area (Å²) >= 11 is 5.85. The van der Waals surface area contributed by atoms with Crippen molar-refractivity contribution in [2.45, 2.75) is 0 Å². The first-order chi connectivity index (χ1) is 8.17. The van der Waals surface area contributed by atoms with E-state index in [2.05, 4.69) is 5.10 Å². The Morgan fingerprint density at radius 3 is 2.88 bits per heavy atom. The van der Waals surface area contributed by atoms with Gasteiger partial charge in [-0.2, -0.15) is 10.4 Å². The smallest absolute Gasteiger partial charge is 0.186 e. The number of aldehydes is 1. The molecule has 0 bridgehead atoms. The molecule has 0 radical (unpaired) electrons. The Kier molecular flexibility index (Phi) is 2.81. The summed E-state index contributed by atoms with van der Waals surface area (Å²) in [6, 6.07) is 8.58. The van der Waals surface area contributed by atoms with Gasteiger partial charge in [-0.05, 0) is 18.2 Å². The summed E-state index contributed by atoms with van der Waals surface area (Å²) < 4.78 is 1.30. The average Bonchev–Trinajstić information content (AvgIpc) is 2.65. The molecule has 0 aliphatic carbocycles. The van der Waals surface area contributed by atoms with Crippen molar-refractivity contribution in [2.75, 3.05) is 5.73 Å². The molecule has 0 fully saturated rings. The van der Waals surface area contributed by atoms with Crippen molar-refractivity contribution in [3.8, 4) is 11.8 Å². The van der Waals surface area contributed by atoms with Gasteiger partial charge in [-0.25, -0.2) is 4.68 Å². The SMILES string of the molecule is N#Cc1nn(-c2cccc(Cl)c2)c(C=O)c1N. The first kappa shape index (κ1) is 11.2. The first-order valence-electron chi connectivity index (χ1n) is 4.67. The number of hydrogen-bond donors (Lipinski definition) is 1. The quantitative estimate of drug-likeness (QED) is 0.819. The second-order valence-electron chi connectivity index (χ2n) is 3.27. The summed E-state index contributed by atoms with van der Waals surface area (Å²) in [5.41, 5.74) is 6.44. The number of aromatic nitrogens is 2. The van der Waals surface area contributed by atoms with E-state index in [0.717, 1.165) is 0 Å². The number of carbonyl (C=O) groups is 1. The highest BCUT2D eigenvalue weighted by Crippen LogP contribution is 2.21. The molecule has 0 aliphatic heterocycles. The number of hydrogen-bond acceptors (Lipinski definition) is 4. The van der Waals surface area contributed by atoms with Gasteiger partial charge in [0.2, 0.25) is 0 Å². The van der Waals surface area contributed by atoms with Crippen molar-refractivity contribution in [3.05, 3.63) is 40.7 Å². The highest BCUT2D eigenvalue weighted by Gasteiger charge is 2.15. The fraction of sp³-hybridized carbons (Fsp3) is 0.